The van der Waals surface area contributed by atoms with Crippen molar-refractivity contribution in [2.45, 2.75) is 0 Å². The number of sulfonamides is 1. The molecule has 0 aromatic heterocycles. The van der Waals surface area contributed by atoms with Crippen LogP contribution in [0.5, 0.6) is 0 Å². The van der Waals surface area contributed by atoms with Crippen molar-refractivity contribution in [1.82, 2.24) is 4.31 Å². The molecule has 2 aromatic carbocycles. The van der Waals surface area contributed by atoms with E-state index in [-0.39, 0.29) is 16.6 Å². The number of nitrogens with one attached hydrogen (secondary N) is 1. The van der Waals surface area contributed by atoms with E-state index < -0.39 is 14.9 Å². The summed E-state index contributed by atoms with van der Waals surface area (Å²) in [7, 11) is -3.17. The molecule has 0 saturated carbocycles. The zero-order valence-corrected chi connectivity index (χ0v) is 18.3. The van der Waals surface area contributed by atoms with Crippen molar-refractivity contribution < 1.29 is 18.1 Å². The van der Waals surface area contributed by atoms with Crippen LogP contribution in [0, 0.1) is 10.1 Å². The lowest BCUT2D eigenvalue weighted by molar-refractivity contribution is -0.384. The fraction of sp³-hybridized carbons (Fsp3) is 0.250. The molecule has 1 aliphatic heterocycles. The molecular weight excluding hydrogens is 444 g/mol. The summed E-state index contributed by atoms with van der Waals surface area (Å²) in [5.74, 6) is -0.382. The molecule has 0 atom stereocenters. The van der Waals surface area contributed by atoms with Gasteiger partial charge in [0.2, 0.25) is 15.9 Å². The van der Waals surface area contributed by atoms with Crippen LogP contribution in [0.3, 0.4) is 0 Å². The molecule has 9 nitrogen and oxygen atoms in total. The summed E-state index contributed by atoms with van der Waals surface area (Å²) in [5, 5.41) is 13.7. The first-order valence-corrected chi connectivity index (χ1v) is 11.6. The van der Waals surface area contributed by atoms with Crippen LogP contribution in [0.1, 0.15) is 5.56 Å². The van der Waals surface area contributed by atoms with Crippen molar-refractivity contribution in [2.24, 2.45) is 0 Å². The number of nitro benzene ring substituents is 1. The number of hydrogen-bond acceptors (Lipinski definition) is 6. The minimum absolute atomic E-state index is 0.0319. The van der Waals surface area contributed by atoms with Gasteiger partial charge in [0.15, 0.2) is 0 Å². The summed E-state index contributed by atoms with van der Waals surface area (Å²) in [4.78, 5) is 24.6. The summed E-state index contributed by atoms with van der Waals surface area (Å²) < 4.78 is 24.7. The number of nitro groups is 1. The van der Waals surface area contributed by atoms with Crippen LogP contribution in [-0.4, -0.2) is 56.0 Å². The van der Waals surface area contributed by atoms with Crippen LogP contribution in [0.4, 0.5) is 17.1 Å². The van der Waals surface area contributed by atoms with Crippen LogP contribution in [0.25, 0.3) is 6.08 Å². The smallest absolute Gasteiger partial charge is 0.288 e. The number of rotatable bonds is 6. The second-order valence-electron chi connectivity index (χ2n) is 6.99. The largest absolute Gasteiger partial charge is 0.369 e. The van der Waals surface area contributed by atoms with E-state index in [0.29, 0.717) is 37.4 Å². The highest BCUT2D eigenvalue weighted by atomic mass is 35.5. The summed E-state index contributed by atoms with van der Waals surface area (Å²) in [6, 6.07) is 11.5. The molecule has 1 heterocycles. The molecule has 0 unspecified atom stereocenters. The van der Waals surface area contributed by atoms with E-state index in [1.165, 1.54) is 34.8 Å². The van der Waals surface area contributed by atoms with E-state index in [0.717, 1.165) is 5.69 Å². The van der Waals surface area contributed by atoms with Crippen molar-refractivity contribution in [3.63, 3.8) is 0 Å². The molecule has 1 amide bonds. The van der Waals surface area contributed by atoms with Crippen molar-refractivity contribution >= 4 is 50.7 Å². The highest BCUT2D eigenvalue weighted by Gasteiger charge is 2.23. The Hall–Kier alpha value is -2.95. The monoisotopic (exact) mass is 464 g/mol. The fourth-order valence-corrected chi connectivity index (χ4v) is 4.18. The zero-order valence-electron chi connectivity index (χ0n) is 16.7. The van der Waals surface area contributed by atoms with E-state index >= 15 is 0 Å². The molecule has 2 aromatic rings. The highest BCUT2D eigenvalue weighted by Crippen LogP contribution is 2.25. The first kappa shape index (κ1) is 22.7. The minimum Gasteiger partial charge on any atom is -0.369 e. The van der Waals surface area contributed by atoms with Gasteiger partial charge in [0.05, 0.1) is 11.2 Å². The summed E-state index contributed by atoms with van der Waals surface area (Å²) in [6.07, 6.45) is 3.96. The van der Waals surface area contributed by atoms with Gasteiger partial charge in [0.1, 0.15) is 5.02 Å². The van der Waals surface area contributed by atoms with Crippen LogP contribution in [0.2, 0.25) is 5.02 Å². The zero-order chi connectivity index (χ0) is 22.6. The predicted molar refractivity (Wildman–Crippen MR) is 121 cm³/mol. The maximum Gasteiger partial charge on any atom is 0.288 e. The molecule has 0 bridgehead atoms. The third-order valence-electron chi connectivity index (χ3n) is 4.80. The van der Waals surface area contributed by atoms with Gasteiger partial charge in [0.25, 0.3) is 5.69 Å². The molecule has 31 heavy (non-hydrogen) atoms. The van der Waals surface area contributed by atoms with Gasteiger partial charge >= 0.3 is 0 Å². The molecular formula is C20H21ClN4O5S. The van der Waals surface area contributed by atoms with Crippen molar-refractivity contribution in [1.29, 1.82) is 0 Å². The van der Waals surface area contributed by atoms with Crippen LogP contribution >= 0.6 is 11.6 Å². The maximum absolute atomic E-state index is 12.2. The molecule has 11 heteroatoms. The Morgan fingerprint density at radius 1 is 1.13 bits per heavy atom. The number of anilines is 2. The average molecular weight is 465 g/mol. The predicted octanol–water partition coefficient (Wildman–Crippen LogP) is 2.98. The van der Waals surface area contributed by atoms with E-state index in [1.54, 1.807) is 18.2 Å². The molecule has 1 fully saturated rings. The fourth-order valence-electron chi connectivity index (χ4n) is 3.16. The number of hydrogen-bond donors (Lipinski definition) is 1. The Balaban J connectivity index is 1.58. The van der Waals surface area contributed by atoms with Gasteiger partial charge < -0.3 is 10.2 Å². The van der Waals surface area contributed by atoms with E-state index in [4.69, 9.17) is 11.6 Å². The van der Waals surface area contributed by atoms with E-state index in [9.17, 15) is 23.3 Å². The third-order valence-corrected chi connectivity index (χ3v) is 6.42. The summed E-state index contributed by atoms with van der Waals surface area (Å²) in [6.45, 7) is 2.05. The van der Waals surface area contributed by atoms with Gasteiger partial charge in [-0.05, 0) is 42.0 Å². The molecule has 3 rings (SSSR count). The number of benzene rings is 2. The Labute approximate surface area is 185 Å². The van der Waals surface area contributed by atoms with Crippen LogP contribution in [-0.2, 0) is 14.8 Å². The van der Waals surface area contributed by atoms with E-state index in [1.807, 2.05) is 12.1 Å². The Kier molecular flexibility index (Phi) is 6.94. The standard InChI is InChI=1S/C20H21ClN4O5S/c1-31(29,30)24-12-10-23(11-13-24)17-6-4-16(5-7-17)22-20(26)9-3-15-2-8-18(21)19(14-15)25(27)28/h2-9,14H,10-13H2,1H3,(H,22,26)/b9-3+. The first-order valence-electron chi connectivity index (χ1n) is 9.36. The number of carbonyl (C=O) groups excluding carboxylic acids is 1. The number of amides is 1. The molecule has 0 spiro atoms. The van der Waals surface area contributed by atoms with Gasteiger partial charge in [-0.15, -0.1) is 0 Å². The second kappa shape index (κ2) is 9.46. The van der Waals surface area contributed by atoms with Crippen molar-refractivity contribution in [3.8, 4) is 0 Å². The highest BCUT2D eigenvalue weighted by molar-refractivity contribution is 7.88. The summed E-state index contributed by atoms with van der Waals surface area (Å²) in [5.41, 5.74) is 1.79. The number of nitrogens with zero attached hydrogens (tertiary/aromatic N) is 3. The van der Waals surface area contributed by atoms with Gasteiger partial charge in [-0.3, -0.25) is 14.9 Å². The molecule has 1 N–H and O–H groups in total. The number of halogens is 1. The van der Waals surface area contributed by atoms with Crippen LogP contribution < -0.4 is 10.2 Å². The Morgan fingerprint density at radius 3 is 2.35 bits per heavy atom. The molecule has 0 aliphatic carbocycles. The second-order valence-corrected chi connectivity index (χ2v) is 9.38. The Bertz CT molecular complexity index is 1110. The van der Waals surface area contributed by atoms with Gasteiger partial charge in [-0.1, -0.05) is 17.7 Å². The third kappa shape index (κ3) is 6.03. The normalized spacial score (nSPS) is 15.2. The van der Waals surface area contributed by atoms with Gasteiger partial charge in [0, 0.05) is 49.7 Å². The minimum atomic E-state index is -3.17. The molecule has 164 valence electrons. The number of piperazine rings is 1. The van der Waals surface area contributed by atoms with Gasteiger partial charge in [-0.2, -0.15) is 4.31 Å². The van der Waals surface area contributed by atoms with Crippen molar-refractivity contribution in [2.75, 3.05) is 42.7 Å². The maximum atomic E-state index is 12.2. The Morgan fingerprint density at radius 2 is 1.77 bits per heavy atom. The molecule has 1 aliphatic rings. The first-order chi connectivity index (χ1) is 14.6. The lowest BCUT2D eigenvalue weighted by atomic mass is 10.2. The van der Waals surface area contributed by atoms with E-state index in [2.05, 4.69) is 10.2 Å². The quantitative estimate of drug-likeness (QED) is 0.399. The molecule has 0 radical (unpaired) electrons. The molecule has 1 saturated heterocycles. The van der Waals surface area contributed by atoms with Crippen LogP contribution in [0.15, 0.2) is 48.5 Å². The topological polar surface area (TPSA) is 113 Å². The van der Waals surface area contributed by atoms with Crippen molar-refractivity contribution in [3.05, 3.63) is 69.2 Å². The number of carbonyl (C=O) groups is 1. The summed E-state index contributed by atoms with van der Waals surface area (Å²) >= 11 is 5.78. The average Bonchev–Trinajstić information content (AvgIpc) is 2.73. The lowest BCUT2D eigenvalue weighted by Gasteiger charge is -2.34. The van der Waals surface area contributed by atoms with Gasteiger partial charge in [-0.25, -0.2) is 8.42 Å². The lowest BCUT2D eigenvalue weighted by Crippen LogP contribution is -2.48. The SMILES string of the molecule is CS(=O)(=O)N1CCN(c2ccc(NC(=O)/C=C/c3ccc(Cl)c([N+](=O)[O-])c3)cc2)CC1.